The number of benzene rings is 1. The van der Waals surface area contributed by atoms with Crippen LogP contribution in [-0.4, -0.2) is 21.1 Å². The topological polar surface area (TPSA) is 78.1 Å². The number of carbonyl (C=O) groups excluding carboxylic acids is 1. The number of aromatic nitrogens is 3. The molecule has 0 radical (unpaired) electrons. The smallest absolute Gasteiger partial charge is 0.350 e. The van der Waals surface area contributed by atoms with Crippen LogP contribution in [0.4, 0.5) is 0 Å². The Morgan fingerprint density at radius 3 is 2.77 bits per heavy atom. The Bertz CT molecular complexity index is 1020. The summed E-state index contributed by atoms with van der Waals surface area (Å²) in [5.74, 6) is 0.269. The average Bonchev–Trinajstić information content (AvgIpc) is 3.41. The maximum atomic E-state index is 12.4. The number of hydrogen-bond donors (Lipinski definition) is 0. The molecule has 0 N–H and O–H groups in total. The number of thiophene rings is 1. The molecular formula is C18H13N3O3S2. The number of ether oxygens (including phenoxy) is 1. The van der Waals surface area contributed by atoms with E-state index in [1.165, 1.54) is 11.3 Å². The second-order valence-corrected chi connectivity index (χ2v) is 7.31. The van der Waals surface area contributed by atoms with Crippen LogP contribution in [0.15, 0.2) is 52.4 Å². The third kappa shape index (κ3) is 3.42. The molecule has 0 fully saturated rings. The van der Waals surface area contributed by atoms with Crippen molar-refractivity contribution in [1.82, 2.24) is 15.1 Å². The monoisotopic (exact) mass is 383 g/mol. The van der Waals surface area contributed by atoms with Crippen LogP contribution in [0.25, 0.3) is 21.3 Å². The Morgan fingerprint density at radius 1 is 1.15 bits per heavy atom. The van der Waals surface area contributed by atoms with Crippen LogP contribution in [0.5, 0.6) is 0 Å². The van der Waals surface area contributed by atoms with E-state index in [0.717, 1.165) is 15.4 Å². The van der Waals surface area contributed by atoms with Crippen molar-refractivity contribution in [2.45, 2.75) is 13.5 Å². The lowest BCUT2D eigenvalue weighted by Gasteiger charge is -1.99. The molecule has 1 aromatic carbocycles. The molecule has 4 rings (SSSR count). The lowest BCUT2D eigenvalue weighted by molar-refractivity contribution is 0.0434. The summed E-state index contributed by atoms with van der Waals surface area (Å²) >= 11 is 2.90. The van der Waals surface area contributed by atoms with Gasteiger partial charge in [0.05, 0.1) is 10.6 Å². The van der Waals surface area contributed by atoms with Gasteiger partial charge in [-0.25, -0.2) is 9.78 Å². The molecule has 6 nitrogen and oxygen atoms in total. The van der Waals surface area contributed by atoms with Gasteiger partial charge in [-0.15, -0.1) is 22.7 Å². The molecule has 0 amide bonds. The van der Waals surface area contributed by atoms with Gasteiger partial charge in [-0.3, -0.25) is 0 Å². The summed E-state index contributed by atoms with van der Waals surface area (Å²) in [6.45, 7) is 1.72. The molecular weight excluding hydrogens is 370 g/mol. The fraction of sp³-hybridized carbons (Fsp3) is 0.111. The van der Waals surface area contributed by atoms with Gasteiger partial charge < -0.3 is 9.26 Å². The standard InChI is InChI=1S/C18H13N3O3S2/c1-11-15(26-17(19-11)13-8-5-9-25-13)18(22)23-10-14-20-16(21-24-14)12-6-3-2-4-7-12/h2-9H,10H2,1H3. The van der Waals surface area contributed by atoms with Crippen LogP contribution in [0.1, 0.15) is 21.3 Å². The molecule has 0 aliphatic heterocycles. The number of hydrogen-bond acceptors (Lipinski definition) is 8. The number of nitrogens with zero attached hydrogens (tertiary/aromatic N) is 3. The van der Waals surface area contributed by atoms with Gasteiger partial charge in [0.25, 0.3) is 5.89 Å². The summed E-state index contributed by atoms with van der Waals surface area (Å²) < 4.78 is 10.5. The van der Waals surface area contributed by atoms with Crippen LogP contribution in [0.3, 0.4) is 0 Å². The van der Waals surface area contributed by atoms with Crippen molar-refractivity contribution in [2.24, 2.45) is 0 Å². The first kappa shape index (κ1) is 16.6. The van der Waals surface area contributed by atoms with Crippen molar-refractivity contribution in [1.29, 1.82) is 0 Å². The van der Waals surface area contributed by atoms with Crippen LogP contribution < -0.4 is 0 Å². The fourth-order valence-electron chi connectivity index (χ4n) is 2.30. The molecule has 3 aromatic heterocycles. The molecule has 4 aromatic rings. The predicted octanol–water partition coefficient (Wildman–Crippen LogP) is 4.59. The highest BCUT2D eigenvalue weighted by atomic mass is 32.1. The minimum atomic E-state index is -0.442. The summed E-state index contributed by atoms with van der Waals surface area (Å²) in [5, 5.41) is 6.70. The third-order valence-corrected chi connectivity index (χ3v) is 5.72. The normalized spacial score (nSPS) is 10.8. The van der Waals surface area contributed by atoms with Crippen molar-refractivity contribution in [3.8, 4) is 21.3 Å². The summed E-state index contributed by atoms with van der Waals surface area (Å²) in [7, 11) is 0. The Hall–Kier alpha value is -2.84. The van der Waals surface area contributed by atoms with E-state index in [-0.39, 0.29) is 12.5 Å². The highest BCUT2D eigenvalue weighted by molar-refractivity contribution is 7.22. The van der Waals surface area contributed by atoms with Gasteiger partial charge in [-0.1, -0.05) is 41.6 Å². The summed E-state index contributed by atoms with van der Waals surface area (Å²) in [6, 6.07) is 13.4. The van der Waals surface area contributed by atoms with Crippen molar-refractivity contribution in [3.05, 3.63) is 64.3 Å². The molecule has 0 atom stereocenters. The third-order valence-electron chi connectivity index (χ3n) is 3.54. The number of carbonyl (C=O) groups is 1. The summed E-state index contributed by atoms with van der Waals surface area (Å²) in [4.78, 5) is 22.6. The highest BCUT2D eigenvalue weighted by Gasteiger charge is 2.19. The van der Waals surface area contributed by atoms with Crippen LogP contribution >= 0.6 is 22.7 Å². The number of esters is 1. The second kappa shape index (κ2) is 7.19. The summed E-state index contributed by atoms with van der Waals surface area (Å²) in [5.41, 5.74) is 1.49. The first-order chi connectivity index (χ1) is 12.7. The van der Waals surface area contributed by atoms with E-state index in [1.807, 2.05) is 47.8 Å². The Balaban J connectivity index is 1.44. The van der Waals surface area contributed by atoms with Gasteiger partial charge in [0.1, 0.15) is 9.88 Å². The number of thiazole rings is 1. The van der Waals surface area contributed by atoms with Crippen molar-refractivity contribution in [3.63, 3.8) is 0 Å². The SMILES string of the molecule is Cc1nc(-c2cccs2)sc1C(=O)OCc1nc(-c2ccccc2)no1. The van der Waals surface area contributed by atoms with E-state index in [0.29, 0.717) is 16.4 Å². The lowest BCUT2D eigenvalue weighted by atomic mass is 10.2. The fourth-order valence-corrected chi connectivity index (χ4v) is 4.06. The van der Waals surface area contributed by atoms with Gasteiger partial charge >= 0.3 is 5.97 Å². The Labute approximate surface area is 157 Å². The molecule has 0 unspecified atom stereocenters. The molecule has 8 heteroatoms. The van der Waals surface area contributed by atoms with E-state index < -0.39 is 5.97 Å². The minimum Gasteiger partial charge on any atom is -0.451 e. The highest BCUT2D eigenvalue weighted by Crippen LogP contribution is 2.31. The van der Waals surface area contributed by atoms with Crippen LogP contribution in [0.2, 0.25) is 0 Å². The van der Waals surface area contributed by atoms with E-state index in [1.54, 1.807) is 18.3 Å². The zero-order chi connectivity index (χ0) is 17.9. The largest absolute Gasteiger partial charge is 0.451 e. The van der Waals surface area contributed by atoms with Crippen molar-refractivity contribution < 1.29 is 14.1 Å². The minimum absolute atomic E-state index is 0.0790. The van der Waals surface area contributed by atoms with E-state index >= 15 is 0 Å². The molecule has 26 heavy (non-hydrogen) atoms. The average molecular weight is 383 g/mol. The zero-order valence-corrected chi connectivity index (χ0v) is 15.3. The maximum absolute atomic E-state index is 12.4. The predicted molar refractivity (Wildman–Crippen MR) is 99.0 cm³/mol. The molecule has 0 bridgehead atoms. The number of aryl methyl sites for hydroxylation is 1. The first-order valence-electron chi connectivity index (χ1n) is 7.77. The molecule has 0 aliphatic rings. The lowest BCUT2D eigenvalue weighted by Crippen LogP contribution is -2.05. The zero-order valence-electron chi connectivity index (χ0n) is 13.7. The van der Waals surface area contributed by atoms with E-state index in [9.17, 15) is 4.79 Å². The van der Waals surface area contributed by atoms with Crippen molar-refractivity contribution >= 4 is 28.6 Å². The molecule has 0 saturated carbocycles. The van der Waals surface area contributed by atoms with Gasteiger partial charge in [0.15, 0.2) is 6.61 Å². The molecule has 0 aliphatic carbocycles. The summed E-state index contributed by atoms with van der Waals surface area (Å²) in [6.07, 6.45) is 0. The Kier molecular flexibility index (Phi) is 4.59. The number of rotatable bonds is 5. The van der Waals surface area contributed by atoms with Crippen LogP contribution in [-0.2, 0) is 11.3 Å². The molecule has 0 spiro atoms. The van der Waals surface area contributed by atoms with Gasteiger partial charge in [-0.05, 0) is 18.4 Å². The Morgan fingerprint density at radius 2 is 2.00 bits per heavy atom. The maximum Gasteiger partial charge on any atom is 0.350 e. The quantitative estimate of drug-likeness (QED) is 0.469. The van der Waals surface area contributed by atoms with Crippen LogP contribution in [0, 0.1) is 6.92 Å². The van der Waals surface area contributed by atoms with Gasteiger partial charge in [0, 0.05) is 5.56 Å². The molecule has 130 valence electrons. The molecule has 0 saturated heterocycles. The van der Waals surface area contributed by atoms with E-state index in [4.69, 9.17) is 9.26 Å². The van der Waals surface area contributed by atoms with Crippen molar-refractivity contribution in [2.75, 3.05) is 0 Å². The van der Waals surface area contributed by atoms with Gasteiger partial charge in [-0.2, -0.15) is 4.98 Å². The molecule has 3 heterocycles. The second-order valence-electron chi connectivity index (χ2n) is 5.36. The van der Waals surface area contributed by atoms with E-state index in [2.05, 4.69) is 15.1 Å². The van der Waals surface area contributed by atoms with Gasteiger partial charge in [0.2, 0.25) is 5.82 Å². The first-order valence-corrected chi connectivity index (χ1v) is 9.47.